The van der Waals surface area contributed by atoms with E-state index in [1.165, 1.54) is 0 Å². The highest BCUT2D eigenvalue weighted by atomic mass is 31.2. The Labute approximate surface area is 91.8 Å². The Morgan fingerprint density at radius 3 is 1.62 bits per heavy atom. The summed E-state index contributed by atoms with van der Waals surface area (Å²) in [6.07, 6.45) is -2.56. The molecule has 0 aromatic rings. The molecule has 11 heteroatoms. The molecule has 0 aliphatic carbocycles. The molecule has 0 saturated heterocycles. The summed E-state index contributed by atoms with van der Waals surface area (Å²) < 4.78 is 19.6. The summed E-state index contributed by atoms with van der Waals surface area (Å²) in [5.41, 5.74) is 0. The molecule has 0 heterocycles. The highest BCUT2D eigenvalue weighted by Gasteiger charge is 2.38. The molecule has 0 rings (SSSR count). The first kappa shape index (κ1) is 16.2. The van der Waals surface area contributed by atoms with Crippen molar-refractivity contribution in [1.29, 1.82) is 0 Å². The molecule has 0 aromatic heterocycles. The third kappa shape index (κ3) is 6.05. The Balaban J connectivity index is 5.05. The van der Waals surface area contributed by atoms with Gasteiger partial charge in [-0.25, -0.2) is 0 Å². The van der Waals surface area contributed by atoms with Crippen molar-refractivity contribution in [2.24, 2.45) is 0 Å². The fourth-order valence-electron chi connectivity index (χ4n) is 1.10. The molecule has 0 radical (unpaired) electrons. The first-order valence-electron chi connectivity index (χ1n) is 4.17. The normalized spacial score (nSPS) is 16.2. The van der Waals surface area contributed by atoms with Crippen LogP contribution < -0.4 is 0 Å². The summed E-state index contributed by atoms with van der Waals surface area (Å²) in [5.74, 6) is 0. The molecule has 5 N–H and O–H groups in total. The predicted molar refractivity (Wildman–Crippen MR) is 54.0 cm³/mol. The minimum absolute atomic E-state index is 0.733. The van der Waals surface area contributed by atoms with E-state index in [1.807, 2.05) is 0 Å². The van der Waals surface area contributed by atoms with Crippen molar-refractivity contribution < 1.29 is 38.5 Å². The van der Waals surface area contributed by atoms with E-state index in [1.54, 1.807) is 0 Å². The standard InChI is InChI=1S/C5H15NO8P2/c1-5(2-7)6(8,3-15(9,10)11)4-16(12,13)14/h5,7H,2-4H2,1H3,(H2,9,10,11)(H2,12,13,14). The van der Waals surface area contributed by atoms with Gasteiger partial charge in [-0.2, -0.15) is 0 Å². The van der Waals surface area contributed by atoms with E-state index in [4.69, 9.17) is 24.7 Å². The smallest absolute Gasteiger partial charge is 0.379 e. The van der Waals surface area contributed by atoms with Gasteiger partial charge in [0.05, 0.1) is 6.61 Å². The van der Waals surface area contributed by atoms with Gasteiger partial charge in [0.1, 0.15) is 6.04 Å². The lowest BCUT2D eigenvalue weighted by Crippen LogP contribution is -2.51. The Bertz CT molecular complexity index is 296. The summed E-state index contributed by atoms with van der Waals surface area (Å²) in [4.78, 5) is 34.6. The predicted octanol–water partition coefficient (Wildman–Crippen LogP) is -1.05. The van der Waals surface area contributed by atoms with Crippen molar-refractivity contribution in [1.82, 2.24) is 0 Å². The maximum Gasteiger partial charge on any atom is 0.379 e. The summed E-state index contributed by atoms with van der Waals surface area (Å²) >= 11 is 0. The molecular weight excluding hydrogens is 264 g/mol. The van der Waals surface area contributed by atoms with E-state index in [2.05, 4.69) is 0 Å². The van der Waals surface area contributed by atoms with Crippen LogP contribution in [0.15, 0.2) is 0 Å². The molecule has 0 aliphatic heterocycles. The van der Waals surface area contributed by atoms with Crippen molar-refractivity contribution in [3.63, 3.8) is 0 Å². The second-order valence-corrected chi connectivity index (χ2v) is 6.82. The topological polar surface area (TPSA) is 158 Å². The number of aliphatic hydroxyl groups is 1. The number of hydroxylamine groups is 3. The number of quaternary nitrogens is 1. The number of hydrogen-bond acceptors (Lipinski definition) is 4. The molecule has 0 spiro atoms. The van der Waals surface area contributed by atoms with Gasteiger partial charge in [0.2, 0.25) is 0 Å². The third-order valence-electron chi connectivity index (χ3n) is 1.91. The van der Waals surface area contributed by atoms with Crippen LogP contribution in [0.3, 0.4) is 0 Å². The van der Waals surface area contributed by atoms with Crippen LogP contribution in [-0.4, -0.2) is 54.5 Å². The molecule has 0 aromatic carbocycles. The van der Waals surface area contributed by atoms with Gasteiger partial charge in [-0.1, -0.05) is 0 Å². The Morgan fingerprint density at radius 1 is 1.12 bits per heavy atom. The molecule has 0 amide bonds. The van der Waals surface area contributed by atoms with E-state index in [-0.39, 0.29) is 0 Å². The van der Waals surface area contributed by atoms with Crippen LogP contribution in [0.1, 0.15) is 6.92 Å². The monoisotopic (exact) mass is 279 g/mol. The number of rotatable bonds is 6. The third-order valence-corrected chi connectivity index (χ3v) is 3.61. The number of aliphatic hydroxyl groups excluding tert-OH is 1. The quantitative estimate of drug-likeness (QED) is 0.234. The fraction of sp³-hybridized carbons (Fsp3) is 1.00. The molecular formula is C5H15NO8P2. The maximum atomic E-state index is 11.9. The first-order valence-corrected chi connectivity index (χ1v) is 7.77. The highest BCUT2D eigenvalue weighted by molar-refractivity contribution is 7.52. The molecule has 9 nitrogen and oxygen atoms in total. The number of hydrogen-bond donors (Lipinski definition) is 5. The Kier molecular flexibility index (Phi) is 5.28. The van der Waals surface area contributed by atoms with Crippen molar-refractivity contribution in [2.75, 3.05) is 19.2 Å². The van der Waals surface area contributed by atoms with E-state index < -0.39 is 45.1 Å². The van der Waals surface area contributed by atoms with Crippen molar-refractivity contribution in [2.45, 2.75) is 13.0 Å². The lowest BCUT2D eigenvalue weighted by molar-refractivity contribution is -0.883. The molecule has 98 valence electrons. The largest absolute Gasteiger partial charge is 0.632 e. The second-order valence-electron chi connectivity index (χ2n) is 3.60. The van der Waals surface area contributed by atoms with Crippen LogP contribution in [0.25, 0.3) is 0 Å². The van der Waals surface area contributed by atoms with Gasteiger partial charge < -0.3 is 34.5 Å². The highest BCUT2D eigenvalue weighted by Crippen LogP contribution is 2.45. The minimum Gasteiger partial charge on any atom is -0.632 e. The Hall–Kier alpha value is 0.180. The van der Waals surface area contributed by atoms with E-state index in [9.17, 15) is 14.3 Å². The SMILES string of the molecule is CC(CO)[N+]([O-])(CP(=O)(O)O)CP(=O)(O)O. The zero-order chi connectivity index (χ0) is 13.2. The molecule has 0 fully saturated rings. The first-order chi connectivity index (χ1) is 6.90. The van der Waals surface area contributed by atoms with Gasteiger partial charge in [0.15, 0.2) is 12.6 Å². The van der Waals surface area contributed by atoms with Crippen LogP contribution in [0.2, 0.25) is 0 Å². The van der Waals surface area contributed by atoms with Gasteiger partial charge in [-0.05, 0) is 6.92 Å². The van der Waals surface area contributed by atoms with Crippen molar-refractivity contribution in [3.05, 3.63) is 5.21 Å². The van der Waals surface area contributed by atoms with Gasteiger partial charge in [0, 0.05) is 0 Å². The molecule has 16 heavy (non-hydrogen) atoms. The van der Waals surface area contributed by atoms with E-state index >= 15 is 0 Å². The van der Waals surface area contributed by atoms with Crippen LogP contribution in [-0.2, 0) is 9.13 Å². The van der Waals surface area contributed by atoms with Gasteiger partial charge in [0.25, 0.3) is 0 Å². The van der Waals surface area contributed by atoms with Crippen LogP contribution in [0, 0.1) is 5.21 Å². The Morgan fingerprint density at radius 2 is 1.44 bits per heavy atom. The second kappa shape index (κ2) is 5.22. The summed E-state index contributed by atoms with van der Waals surface area (Å²) in [7, 11) is -9.47. The van der Waals surface area contributed by atoms with Crippen molar-refractivity contribution >= 4 is 15.2 Å². The number of nitrogens with zero attached hydrogens (tertiary/aromatic N) is 1. The molecule has 0 aliphatic rings. The molecule has 1 atom stereocenters. The van der Waals surface area contributed by atoms with Crippen LogP contribution in [0.5, 0.6) is 0 Å². The molecule has 0 saturated carbocycles. The zero-order valence-corrected chi connectivity index (χ0v) is 10.3. The lowest BCUT2D eigenvalue weighted by Gasteiger charge is -2.46. The van der Waals surface area contributed by atoms with Gasteiger partial charge in [-0.15, -0.1) is 0 Å². The van der Waals surface area contributed by atoms with Gasteiger partial charge >= 0.3 is 15.2 Å². The summed E-state index contributed by atoms with van der Waals surface area (Å²) in [6.45, 7) is 0.418. The minimum atomic E-state index is -4.74. The average Bonchev–Trinajstić information content (AvgIpc) is 1.95. The van der Waals surface area contributed by atoms with Crippen LogP contribution >= 0.6 is 15.2 Å². The molecule has 0 bridgehead atoms. The van der Waals surface area contributed by atoms with Crippen molar-refractivity contribution in [3.8, 4) is 0 Å². The maximum absolute atomic E-state index is 11.9. The molecule has 1 unspecified atom stereocenters. The van der Waals surface area contributed by atoms with Crippen LogP contribution in [0.4, 0.5) is 0 Å². The van der Waals surface area contributed by atoms with E-state index in [0.717, 1.165) is 6.92 Å². The summed E-state index contributed by atoms with van der Waals surface area (Å²) in [6, 6.07) is -1.24. The van der Waals surface area contributed by atoms with E-state index in [0.29, 0.717) is 0 Å². The van der Waals surface area contributed by atoms with Gasteiger partial charge in [-0.3, -0.25) is 9.13 Å². The summed E-state index contributed by atoms with van der Waals surface area (Å²) in [5, 5.41) is 20.6. The zero-order valence-electron chi connectivity index (χ0n) is 8.50. The lowest BCUT2D eigenvalue weighted by atomic mass is 10.3. The fourth-order valence-corrected chi connectivity index (χ4v) is 3.26. The average molecular weight is 279 g/mol.